The molecule has 2 heterocycles. The molecule has 2 aliphatic heterocycles. The molecule has 132 valence electrons. The van der Waals surface area contributed by atoms with Gasteiger partial charge in [0, 0.05) is 0 Å². The molecular formula is C19H40B2N2. The van der Waals surface area contributed by atoms with Crippen LogP contribution in [0.3, 0.4) is 0 Å². The van der Waals surface area contributed by atoms with Crippen molar-refractivity contribution in [2.75, 3.05) is 19.6 Å². The lowest BCUT2D eigenvalue weighted by molar-refractivity contribution is 0.279. The summed E-state index contributed by atoms with van der Waals surface area (Å²) < 4.78 is 0. The molecule has 2 unspecified atom stereocenters. The van der Waals surface area contributed by atoms with Gasteiger partial charge in [-0.25, -0.2) is 0 Å². The van der Waals surface area contributed by atoms with E-state index in [-0.39, 0.29) is 0 Å². The monoisotopic (exact) mass is 318 g/mol. The zero-order chi connectivity index (χ0) is 16.7. The molecule has 0 aromatic heterocycles. The van der Waals surface area contributed by atoms with Crippen LogP contribution >= 0.6 is 0 Å². The highest BCUT2D eigenvalue weighted by molar-refractivity contribution is 6.58. The van der Waals surface area contributed by atoms with Crippen LogP contribution < -0.4 is 0 Å². The number of unbranched alkanes of at least 4 members (excludes halogenated alkanes) is 1. The van der Waals surface area contributed by atoms with Crippen LogP contribution in [0, 0.1) is 0 Å². The SMILES string of the molecule is CCCCN1CCCC(CC(C)N2CCCCB2CC)B1CC. The maximum Gasteiger partial charge on any atom is 0.226 e. The highest BCUT2D eigenvalue weighted by Crippen LogP contribution is 2.34. The maximum absolute atomic E-state index is 2.86. The Balaban J connectivity index is 1.93. The van der Waals surface area contributed by atoms with Gasteiger partial charge >= 0.3 is 0 Å². The van der Waals surface area contributed by atoms with Crippen LogP contribution in [0.2, 0.25) is 24.8 Å². The second-order valence-corrected chi connectivity index (χ2v) is 8.15. The summed E-state index contributed by atoms with van der Waals surface area (Å²) in [6, 6.07) is 0.783. The average molecular weight is 318 g/mol. The molecule has 0 saturated carbocycles. The molecule has 0 amide bonds. The van der Waals surface area contributed by atoms with Gasteiger partial charge < -0.3 is 9.62 Å². The molecule has 0 spiro atoms. The first-order chi connectivity index (χ1) is 11.2. The fraction of sp³-hybridized carbons (Fsp3) is 1.00. The Morgan fingerprint density at radius 3 is 2.57 bits per heavy atom. The van der Waals surface area contributed by atoms with Crippen molar-refractivity contribution in [1.29, 1.82) is 0 Å². The second kappa shape index (κ2) is 10.1. The minimum atomic E-state index is 0.783. The van der Waals surface area contributed by atoms with Crippen LogP contribution in [-0.4, -0.2) is 49.0 Å². The van der Waals surface area contributed by atoms with Gasteiger partial charge in [-0.2, -0.15) is 0 Å². The molecule has 0 aliphatic carbocycles. The highest BCUT2D eigenvalue weighted by Gasteiger charge is 2.36. The van der Waals surface area contributed by atoms with E-state index in [1.807, 2.05) is 0 Å². The van der Waals surface area contributed by atoms with Crippen LogP contribution in [0.25, 0.3) is 0 Å². The van der Waals surface area contributed by atoms with Crippen molar-refractivity contribution in [1.82, 2.24) is 9.62 Å². The van der Waals surface area contributed by atoms with Gasteiger partial charge in [-0.1, -0.05) is 65.9 Å². The van der Waals surface area contributed by atoms with Gasteiger partial charge in [-0.3, -0.25) is 0 Å². The van der Waals surface area contributed by atoms with Gasteiger partial charge in [-0.05, 0) is 57.2 Å². The molecular weight excluding hydrogens is 278 g/mol. The van der Waals surface area contributed by atoms with Gasteiger partial charge in [0.1, 0.15) is 0 Å². The molecule has 0 bridgehead atoms. The quantitative estimate of drug-likeness (QED) is 0.571. The van der Waals surface area contributed by atoms with Crippen LogP contribution in [-0.2, 0) is 0 Å². The molecule has 2 saturated heterocycles. The van der Waals surface area contributed by atoms with E-state index in [9.17, 15) is 0 Å². The molecule has 2 fully saturated rings. The van der Waals surface area contributed by atoms with Crippen molar-refractivity contribution in [2.24, 2.45) is 0 Å². The molecule has 0 aromatic carbocycles. The summed E-state index contributed by atoms with van der Waals surface area (Å²) in [5, 5.41) is 0. The molecule has 2 atom stereocenters. The predicted octanol–water partition coefficient (Wildman–Crippen LogP) is 5.15. The molecule has 4 heteroatoms. The zero-order valence-corrected chi connectivity index (χ0v) is 16.4. The van der Waals surface area contributed by atoms with Gasteiger partial charge in [-0.15, -0.1) is 0 Å². The number of rotatable bonds is 8. The standard InChI is InChI=1S/C19H40B2N2/c1-5-8-14-22-15-11-12-19(21(22)7-3)17-18(4)23-16-10-9-13-20(23)6-2/h18-19H,5-17H2,1-4H3. The van der Waals surface area contributed by atoms with Crippen LogP contribution in [0.15, 0.2) is 0 Å². The maximum atomic E-state index is 2.86. The third-order valence-corrected chi connectivity index (χ3v) is 6.60. The van der Waals surface area contributed by atoms with Gasteiger partial charge in [0.2, 0.25) is 13.7 Å². The van der Waals surface area contributed by atoms with Crippen LogP contribution in [0.4, 0.5) is 0 Å². The molecule has 0 aromatic rings. The smallest absolute Gasteiger partial charge is 0.226 e. The van der Waals surface area contributed by atoms with Gasteiger partial charge in [0.25, 0.3) is 0 Å². The average Bonchev–Trinajstić information content (AvgIpc) is 2.59. The Labute approximate surface area is 147 Å². The Hall–Kier alpha value is 0.0499. The normalized spacial score (nSPS) is 25.8. The van der Waals surface area contributed by atoms with E-state index < -0.39 is 0 Å². The fourth-order valence-electron chi connectivity index (χ4n) is 5.33. The van der Waals surface area contributed by atoms with Crippen molar-refractivity contribution >= 4 is 13.7 Å². The Kier molecular flexibility index (Phi) is 8.54. The number of hydrogen-bond donors (Lipinski definition) is 0. The van der Waals surface area contributed by atoms with Crippen molar-refractivity contribution in [2.45, 2.75) is 103 Å². The van der Waals surface area contributed by atoms with E-state index in [1.165, 1.54) is 83.5 Å². The molecule has 2 aliphatic rings. The van der Waals surface area contributed by atoms with Crippen molar-refractivity contribution < 1.29 is 0 Å². The molecule has 0 N–H and O–H groups in total. The minimum Gasteiger partial charge on any atom is -0.342 e. The van der Waals surface area contributed by atoms with Crippen molar-refractivity contribution in [3.05, 3.63) is 0 Å². The predicted molar refractivity (Wildman–Crippen MR) is 107 cm³/mol. The first-order valence-corrected chi connectivity index (χ1v) is 10.7. The topological polar surface area (TPSA) is 6.48 Å². The first-order valence-electron chi connectivity index (χ1n) is 10.7. The third-order valence-electron chi connectivity index (χ3n) is 6.60. The third kappa shape index (κ3) is 5.26. The van der Waals surface area contributed by atoms with Gasteiger partial charge in [0.05, 0.1) is 0 Å². The number of hydrogen-bond acceptors (Lipinski definition) is 2. The molecule has 2 rings (SSSR count). The number of nitrogens with zero attached hydrogens (tertiary/aromatic N) is 2. The van der Waals surface area contributed by atoms with E-state index in [1.54, 1.807) is 0 Å². The molecule has 0 radical (unpaired) electrons. The largest absolute Gasteiger partial charge is 0.342 e. The molecule has 2 nitrogen and oxygen atoms in total. The summed E-state index contributed by atoms with van der Waals surface area (Å²) in [6.07, 6.45) is 14.0. The summed E-state index contributed by atoms with van der Waals surface area (Å²) in [6.45, 7) is 15.4. The summed E-state index contributed by atoms with van der Waals surface area (Å²) in [4.78, 5) is 5.69. The second-order valence-electron chi connectivity index (χ2n) is 8.15. The Morgan fingerprint density at radius 1 is 1.04 bits per heavy atom. The summed E-state index contributed by atoms with van der Waals surface area (Å²) in [5.74, 6) is 0.931. The summed E-state index contributed by atoms with van der Waals surface area (Å²) in [7, 11) is 0. The lowest BCUT2D eigenvalue weighted by Gasteiger charge is -2.43. The lowest BCUT2D eigenvalue weighted by atomic mass is 9.43. The van der Waals surface area contributed by atoms with Crippen molar-refractivity contribution in [3.63, 3.8) is 0 Å². The van der Waals surface area contributed by atoms with E-state index in [0.29, 0.717) is 0 Å². The van der Waals surface area contributed by atoms with Crippen molar-refractivity contribution in [3.8, 4) is 0 Å². The first kappa shape index (κ1) is 19.4. The van der Waals surface area contributed by atoms with E-state index in [0.717, 1.165) is 25.6 Å². The van der Waals surface area contributed by atoms with E-state index >= 15 is 0 Å². The van der Waals surface area contributed by atoms with E-state index in [4.69, 9.17) is 0 Å². The summed E-state index contributed by atoms with van der Waals surface area (Å²) in [5.41, 5.74) is 0. The lowest BCUT2D eigenvalue weighted by Crippen LogP contribution is -2.51. The zero-order valence-electron chi connectivity index (χ0n) is 16.4. The minimum absolute atomic E-state index is 0.783. The van der Waals surface area contributed by atoms with Crippen LogP contribution in [0.1, 0.15) is 72.6 Å². The Bertz CT molecular complexity index is 326. The summed E-state index contributed by atoms with van der Waals surface area (Å²) >= 11 is 0. The van der Waals surface area contributed by atoms with E-state index in [2.05, 4.69) is 37.3 Å². The fourth-order valence-corrected chi connectivity index (χ4v) is 5.33. The van der Waals surface area contributed by atoms with Crippen LogP contribution in [0.5, 0.6) is 0 Å². The highest BCUT2D eigenvalue weighted by atomic mass is 15.1. The van der Waals surface area contributed by atoms with Gasteiger partial charge in [0.15, 0.2) is 0 Å². The Morgan fingerprint density at radius 2 is 1.87 bits per heavy atom. The molecule has 23 heavy (non-hydrogen) atoms.